The molecule has 2 unspecified atom stereocenters. The van der Waals surface area contributed by atoms with Gasteiger partial charge in [-0.3, -0.25) is 0 Å². The molecule has 12 heteroatoms. The molecule has 1 spiro atoms. The Balaban J connectivity index is 0.962. The van der Waals surface area contributed by atoms with Crippen molar-refractivity contribution in [2.24, 2.45) is 0 Å². The first-order chi connectivity index (χ1) is 20.1. The lowest BCUT2D eigenvalue weighted by Crippen LogP contribution is -2.47. The molecule has 3 aliphatic rings. The molecule has 3 N–H and O–H groups in total. The number of hydrogen-bond donors (Lipinski definition) is 3. The summed E-state index contributed by atoms with van der Waals surface area (Å²) in [5, 5.41) is 15.7. The van der Waals surface area contributed by atoms with Crippen molar-refractivity contribution >= 4 is 30.8 Å². The monoisotopic (exact) mass is 615 g/mol. The summed E-state index contributed by atoms with van der Waals surface area (Å²) in [6.45, 7) is 1.56. The van der Waals surface area contributed by atoms with Crippen LogP contribution in [-0.4, -0.2) is 82.9 Å². The Morgan fingerprint density at radius 3 is 2.45 bits per heavy atom. The minimum Gasteiger partial charge on any atom is -0.491 e. The highest BCUT2D eigenvalue weighted by Crippen LogP contribution is 2.37. The van der Waals surface area contributed by atoms with Crippen molar-refractivity contribution in [3.05, 3.63) is 66.7 Å². The molecule has 0 radical (unpaired) electrons. The smallest absolute Gasteiger partial charge is 0.243 e. The number of sulfonamides is 2. The number of nitrogens with one attached hydrogen (secondary N) is 2. The summed E-state index contributed by atoms with van der Waals surface area (Å²) in [6, 6.07) is 19.3. The zero-order valence-electron chi connectivity index (χ0n) is 23.3. The maximum atomic E-state index is 13.4. The molecule has 10 nitrogen and oxygen atoms in total. The normalized spacial score (nSPS) is 22.0. The van der Waals surface area contributed by atoms with Crippen molar-refractivity contribution in [1.82, 2.24) is 14.3 Å². The number of fused-ring (bicyclic) bond motifs is 1. The summed E-state index contributed by atoms with van der Waals surface area (Å²) >= 11 is 0. The van der Waals surface area contributed by atoms with Crippen LogP contribution in [0, 0.1) is 0 Å². The van der Waals surface area contributed by atoms with E-state index in [4.69, 9.17) is 9.47 Å². The SMILES string of the molecule is O=S(=O)(NC1CC1)c1cccc(OCC(O)CNC2COC3(CCN(S(=O)(=O)c4ccc5ccccc5c4)CC3)C2)c1. The van der Waals surface area contributed by atoms with E-state index in [-0.39, 0.29) is 35.7 Å². The van der Waals surface area contributed by atoms with Gasteiger partial charge in [0.05, 0.1) is 22.0 Å². The molecule has 3 aromatic rings. The van der Waals surface area contributed by atoms with E-state index in [0.717, 1.165) is 30.0 Å². The Kier molecular flexibility index (Phi) is 8.31. The molecule has 2 atom stereocenters. The molecular formula is C30H37N3O7S2. The molecule has 42 heavy (non-hydrogen) atoms. The highest BCUT2D eigenvalue weighted by molar-refractivity contribution is 7.89. The predicted octanol–water partition coefficient (Wildman–Crippen LogP) is 2.62. The summed E-state index contributed by atoms with van der Waals surface area (Å²) in [5.74, 6) is 0.376. The van der Waals surface area contributed by atoms with Gasteiger partial charge in [-0.2, -0.15) is 4.31 Å². The molecular weight excluding hydrogens is 578 g/mol. The van der Waals surface area contributed by atoms with Gasteiger partial charge < -0.3 is 19.9 Å². The molecule has 0 bridgehead atoms. The average molecular weight is 616 g/mol. The minimum absolute atomic E-state index is 0.00681. The van der Waals surface area contributed by atoms with Crippen LogP contribution in [0.5, 0.6) is 5.75 Å². The number of hydrogen-bond acceptors (Lipinski definition) is 8. The van der Waals surface area contributed by atoms with E-state index in [1.807, 2.05) is 30.3 Å². The largest absolute Gasteiger partial charge is 0.491 e. The number of aliphatic hydroxyl groups excluding tert-OH is 1. The molecule has 2 aliphatic heterocycles. The van der Waals surface area contributed by atoms with Gasteiger partial charge in [0, 0.05) is 37.8 Å². The van der Waals surface area contributed by atoms with Crippen LogP contribution < -0.4 is 14.8 Å². The van der Waals surface area contributed by atoms with Gasteiger partial charge in [-0.05, 0) is 67.1 Å². The Morgan fingerprint density at radius 2 is 1.69 bits per heavy atom. The number of rotatable bonds is 11. The Bertz CT molecular complexity index is 1640. The lowest BCUT2D eigenvalue weighted by Gasteiger charge is -2.38. The van der Waals surface area contributed by atoms with Gasteiger partial charge in [0.25, 0.3) is 0 Å². The van der Waals surface area contributed by atoms with Crippen molar-refractivity contribution in [2.45, 2.75) is 65.7 Å². The fourth-order valence-corrected chi connectivity index (χ4v) is 8.53. The van der Waals surface area contributed by atoms with Gasteiger partial charge in [-0.1, -0.05) is 36.4 Å². The van der Waals surface area contributed by atoms with Crippen molar-refractivity contribution in [3.8, 4) is 5.75 Å². The standard InChI is InChI=1S/C30H37N3O7S2/c34-26(21-39-27-6-3-7-28(17-27)41(35,36)32-24-9-10-24)19-31-25-18-30(40-20-25)12-14-33(15-13-30)42(37,38)29-11-8-22-4-1-2-5-23(22)16-29/h1-8,11,16-17,24-26,31-32,34H,9-10,12-15,18-21H2. The molecule has 2 heterocycles. The molecule has 3 fully saturated rings. The van der Waals surface area contributed by atoms with Crippen LogP contribution in [-0.2, 0) is 24.8 Å². The summed E-state index contributed by atoms with van der Waals surface area (Å²) in [5.41, 5.74) is -0.380. The van der Waals surface area contributed by atoms with Gasteiger partial charge in [-0.15, -0.1) is 0 Å². The molecule has 3 aromatic carbocycles. The fraction of sp³-hybridized carbons (Fsp3) is 0.467. The number of ether oxygens (including phenoxy) is 2. The molecule has 6 rings (SSSR count). The number of aliphatic hydroxyl groups is 1. The van der Waals surface area contributed by atoms with Crippen LogP contribution >= 0.6 is 0 Å². The summed E-state index contributed by atoms with van der Waals surface area (Å²) < 4.78 is 67.7. The van der Waals surface area contributed by atoms with E-state index in [9.17, 15) is 21.9 Å². The van der Waals surface area contributed by atoms with E-state index in [2.05, 4.69) is 10.0 Å². The van der Waals surface area contributed by atoms with Crippen LogP contribution in [0.2, 0.25) is 0 Å². The van der Waals surface area contributed by atoms with Gasteiger partial charge in [0.1, 0.15) is 18.5 Å². The van der Waals surface area contributed by atoms with Crippen molar-refractivity contribution in [2.75, 3.05) is 32.8 Å². The van der Waals surface area contributed by atoms with E-state index >= 15 is 0 Å². The third kappa shape index (κ3) is 6.65. The lowest BCUT2D eigenvalue weighted by molar-refractivity contribution is -0.0312. The zero-order valence-corrected chi connectivity index (χ0v) is 24.9. The highest BCUT2D eigenvalue weighted by Gasteiger charge is 2.44. The first-order valence-electron chi connectivity index (χ1n) is 14.4. The minimum atomic E-state index is -3.60. The van der Waals surface area contributed by atoms with Crippen molar-refractivity contribution < 1.29 is 31.4 Å². The van der Waals surface area contributed by atoms with Crippen molar-refractivity contribution in [3.63, 3.8) is 0 Å². The number of piperidine rings is 1. The summed E-state index contributed by atoms with van der Waals surface area (Å²) in [6.07, 6.45) is 2.86. The second kappa shape index (κ2) is 11.8. The van der Waals surface area contributed by atoms with E-state index in [0.29, 0.717) is 43.2 Å². The second-order valence-corrected chi connectivity index (χ2v) is 15.2. The maximum absolute atomic E-state index is 13.4. The topological polar surface area (TPSA) is 134 Å². The predicted molar refractivity (Wildman–Crippen MR) is 158 cm³/mol. The van der Waals surface area contributed by atoms with E-state index < -0.39 is 26.2 Å². The van der Waals surface area contributed by atoms with Crippen LogP contribution in [0.25, 0.3) is 10.8 Å². The molecule has 0 aromatic heterocycles. The third-order valence-corrected chi connectivity index (χ3v) is 11.7. The molecule has 2 saturated heterocycles. The number of benzene rings is 3. The summed E-state index contributed by atoms with van der Waals surface area (Å²) in [7, 11) is -7.18. The Labute approximate surface area is 247 Å². The lowest BCUT2D eigenvalue weighted by atomic mass is 9.88. The van der Waals surface area contributed by atoms with Gasteiger partial charge in [-0.25, -0.2) is 21.6 Å². The van der Waals surface area contributed by atoms with Gasteiger partial charge >= 0.3 is 0 Å². The van der Waals surface area contributed by atoms with Crippen LogP contribution in [0.4, 0.5) is 0 Å². The van der Waals surface area contributed by atoms with Crippen LogP contribution in [0.15, 0.2) is 76.5 Å². The third-order valence-electron chi connectivity index (χ3n) is 8.30. The van der Waals surface area contributed by atoms with E-state index in [1.54, 1.807) is 28.6 Å². The van der Waals surface area contributed by atoms with Crippen LogP contribution in [0.3, 0.4) is 0 Å². The molecule has 0 amide bonds. The molecule has 226 valence electrons. The Hall–Kier alpha value is -2.58. The highest BCUT2D eigenvalue weighted by atomic mass is 32.2. The maximum Gasteiger partial charge on any atom is 0.243 e. The second-order valence-electron chi connectivity index (χ2n) is 11.6. The van der Waals surface area contributed by atoms with E-state index in [1.165, 1.54) is 12.1 Å². The summed E-state index contributed by atoms with van der Waals surface area (Å²) in [4.78, 5) is 0.451. The van der Waals surface area contributed by atoms with Crippen molar-refractivity contribution in [1.29, 1.82) is 0 Å². The molecule has 1 aliphatic carbocycles. The first kappa shape index (κ1) is 29.5. The zero-order chi connectivity index (χ0) is 29.4. The average Bonchev–Trinajstić information content (AvgIpc) is 3.72. The quantitative estimate of drug-likeness (QED) is 0.300. The van der Waals surface area contributed by atoms with Gasteiger partial charge in [0.2, 0.25) is 20.0 Å². The number of nitrogens with zero attached hydrogens (tertiary/aromatic N) is 1. The first-order valence-corrected chi connectivity index (χ1v) is 17.3. The van der Waals surface area contributed by atoms with Crippen LogP contribution in [0.1, 0.15) is 32.1 Å². The molecule has 1 saturated carbocycles. The van der Waals surface area contributed by atoms with Gasteiger partial charge in [0.15, 0.2) is 0 Å². The Morgan fingerprint density at radius 1 is 0.929 bits per heavy atom. The fourth-order valence-electron chi connectivity index (χ4n) is 5.71.